The van der Waals surface area contributed by atoms with Crippen molar-refractivity contribution in [3.63, 3.8) is 0 Å². The molecule has 2 rings (SSSR count). The topological polar surface area (TPSA) is 50.8 Å². The van der Waals surface area contributed by atoms with E-state index in [9.17, 15) is 4.79 Å². The lowest BCUT2D eigenvalue weighted by molar-refractivity contribution is 0.0206. The van der Waals surface area contributed by atoms with E-state index in [2.05, 4.69) is 5.32 Å². The Hall–Kier alpha value is -1.91. The Morgan fingerprint density at radius 2 is 1.95 bits per heavy atom. The normalized spacial score (nSPS) is 18.7. The third-order valence-corrected chi connectivity index (χ3v) is 3.53. The van der Waals surface area contributed by atoms with Crippen molar-refractivity contribution in [2.75, 3.05) is 25.5 Å². The quantitative estimate of drug-likeness (QED) is 0.928. The highest BCUT2D eigenvalue weighted by molar-refractivity contribution is 5.68. The van der Waals surface area contributed by atoms with Crippen molar-refractivity contribution in [2.24, 2.45) is 0 Å². The first-order chi connectivity index (χ1) is 10.4. The standard InChI is InChI=1S/C17H26N2O3/c1-17(2,3)22-16(20)19-11-5-6-14(12-19)18-13-7-9-15(21-4)10-8-13/h7-10,14,18H,5-6,11-12H2,1-4H3. The van der Waals surface area contributed by atoms with Crippen LogP contribution in [0.5, 0.6) is 5.75 Å². The summed E-state index contributed by atoms with van der Waals surface area (Å²) >= 11 is 0. The average molecular weight is 306 g/mol. The lowest BCUT2D eigenvalue weighted by Crippen LogP contribution is -2.46. The average Bonchev–Trinajstić information content (AvgIpc) is 2.46. The highest BCUT2D eigenvalue weighted by Crippen LogP contribution is 2.20. The number of rotatable bonds is 3. The molecule has 1 unspecified atom stereocenters. The molecular weight excluding hydrogens is 280 g/mol. The van der Waals surface area contributed by atoms with Crippen molar-refractivity contribution < 1.29 is 14.3 Å². The Bertz CT molecular complexity index is 494. The minimum atomic E-state index is -0.451. The van der Waals surface area contributed by atoms with Crippen LogP contribution in [0.1, 0.15) is 33.6 Å². The molecule has 1 heterocycles. The van der Waals surface area contributed by atoms with Crippen LogP contribution in [0.25, 0.3) is 0 Å². The smallest absolute Gasteiger partial charge is 0.410 e. The summed E-state index contributed by atoms with van der Waals surface area (Å²) in [5.74, 6) is 0.838. The van der Waals surface area contributed by atoms with Crippen molar-refractivity contribution in [1.29, 1.82) is 0 Å². The Morgan fingerprint density at radius 1 is 1.27 bits per heavy atom. The van der Waals surface area contributed by atoms with Gasteiger partial charge in [-0.05, 0) is 57.9 Å². The fourth-order valence-electron chi connectivity index (χ4n) is 2.51. The number of amides is 1. The summed E-state index contributed by atoms with van der Waals surface area (Å²) in [7, 11) is 1.66. The molecule has 122 valence electrons. The van der Waals surface area contributed by atoms with Crippen LogP contribution in [0, 0.1) is 0 Å². The van der Waals surface area contributed by atoms with Gasteiger partial charge in [-0.2, -0.15) is 0 Å². The molecule has 1 aliphatic rings. The number of hydrogen-bond donors (Lipinski definition) is 1. The van der Waals surface area contributed by atoms with Crippen LogP contribution in [0.15, 0.2) is 24.3 Å². The largest absolute Gasteiger partial charge is 0.497 e. The molecule has 1 amide bonds. The monoisotopic (exact) mass is 306 g/mol. The molecular formula is C17H26N2O3. The highest BCUT2D eigenvalue weighted by atomic mass is 16.6. The summed E-state index contributed by atoms with van der Waals surface area (Å²) in [6.07, 6.45) is 1.80. The van der Waals surface area contributed by atoms with Gasteiger partial charge in [-0.25, -0.2) is 4.79 Å². The Morgan fingerprint density at radius 3 is 2.55 bits per heavy atom. The molecule has 0 bridgehead atoms. The van der Waals surface area contributed by atoms with Crippen molar-refractivity contribution >= 4 is 11.8 Å². The van der Waals surface area contributed by atoms with E-state index in [4.69, 9.17) is 9.47 Å². The predicted octanol–water partition coefficient (Wildman–Crippen LogP) is 3.51. The van der Waals surface area contributed by atoms with Gasteiger partial charge in [-0.3, -0.25) is 0 Å². The summed E-state index contributed by atoms with van der Waals surface area (Å²) in [5.41, 5.74) is 0.588. The second-order valence-corrected chi connectivity index (χ2v) is 6.64. The number of ether oxygens (including phenoxy) is 2. The SMILES string of the molecule is COc1ccc(NC2CCCN(C(=O)OC(C)(C)C)C2)cc1. The zero-order chi connectivity index (χ0) is 16.2. The zero-order valence-corrected chi connectivity index (χ0v) is 13.9. The number of likely N-dealkylation sites (tertiary alicyclic amines) is 1. The second kappa shape index (κ2) is 6.90. The number of nitrogens with one attached hydrogen (secondary N) is 1. The molecule has 0 radical (unpaired) electrons. The first-order valence-corrected chi connectivity index (χ1v) is 7.76. The molecule has 1 aromatic rings. The molecule has 0 aromatic heterocycles. The van der Waals surface area contributed by atoms with E-state index in [-0.39, 0.29) is 12.1 Å². The first-order valence-electron chi connectivity index (χ1n) is 7.76. The molecule has 5 nitrogen and oxygen atoms in total. The van der Waals surface area contributed by atoms with Crippen LogP contribution in [-0.2, 0) is 4.74 Å². The zero-order valence-electron chi connectivity index (χ0n) is 13.9. The van der Waals surface area contributed by atoms with E-state index in [0.717, 1.165) is 30.8 Å². The number of nitrogens with zero attached hydrogens (tertiary/aromatic N) is 1. The van der Waals surface area contributed by atoms with Gasteiger partial charge in [0.2, 0.25) is 0 Å². The molecule has 1 N–H and O–H groups in total. The maximum absolute atomic E-state index is 12.2. The van der Waals surface area contributed by atoms with Gasteiger partial charge in [0.15, 0.2) is 0 Å². The number of carbonyl (C=O) groups excluding carboxylic acids is 1. The molecule has 0 spiro atoms. The molecule has 1 aromatic carbocycles. The maximum atomic E-state index is 12.2. The van der Waals surface area contributed by atoms with Gasteiger partial charge in [-0.15, -0.1) is 0 Å². The van der Waals surface area contributed by atoms with Gasteiger partial charge in [0.25, 0.3) is 0 Å². The van der Waals surface area contributed by atoms with Crippen molar-refractivity contribution in [3.8, 4) is 5.75 Å². The lowest BCUT2D eigenvalue weighted by Gasteiger charge is -2.34. The Labute approximate surface area is 132 Å². The summed E-state index contributed by atoms with van der Waals surface area (Å²) < 4.78 is 10.6. The molecule has 5 heteroatoms. The van der Waals surface area contributed by atoms with E-state index in [1.54, 1.807) is 12.0 Å². The van der Waals surface area contributed by atoms with Gasteiger partial charge in [0.1, 0.15) is 11.4 Å². The first kappa shape index (κ1) is 16.5. The summed E-state index contributed by atoms with van der Waals surface area (Å²) in [5, 5.41) is 3.47. The third kappa shape index (κ3) is 4.83. The minimum absolute atomic E-state index is 0.228. The summed E-state index contributed by atoms with van der Waals surface area (Å²) in [6, 6.07) is 8.08. The van der Waals surface area contributed by atoms with Crippen LogP contribution < -0.4 is 10.1 Å². The van der Waals surface area contributed by atoms with E-state index < -0.39 is 5.60 Å². The molecule has 1 atom stereocenters. The highest BCUT2D eigenvalue weighted by Gasteiger charge is 2.27. The number of carbonyl (C=O) groups is 1. The molecule has 0 aliphatic carbocycles. The lowest BCUT2D eigenvalue weighted by atomic mass is 10.1. The maximum Gasteiger partial charge on any atom is 0.410 e. The van der Waals surface area contributed by atoms with Crippen LogP contribution in [0.3, 0.4) is 0 Å². The summed E-state index contributed by atoms with van der Waals surface area (Å²) in [4.78, 5) is 13.9. The molecule has 0 saturated carbocycles. The van der Waals surface area contributed by atoms with Crippen molar-refractivity contribution in [2.45, 2.75) is 45.3 Å². The number of benzene rings is 1. The van der Waals surface area contributed by atoms with Crippen LogP contribution in [0.2, 0.25) is 0 Å². The van der Waals surface area contributed by atoms with Crippen LogP contribution >= 0.6 is 0 Å². The van der Waals surface area contributed by atoms with E-state index in [1.165, 1.54) is 0 Å². The number of methoxy groups -OCH3 is 1. The Balaban J connectivity index is 1.91. The van der Waals surface area contributed by atoms with E-state index >= 15 is 0 Å². The van der Waals surface area contributed by atoms with Crippen LogP contribution in [0.4, 0.5) is 10.5 Å². The molecule has 1 fully saturated rings. The summed E-state index contributed by atoms with van der Waals surface area (Å²) in [6.45, 7) is 7.10. The molecule has 1 saturated heterocycles. The predicted molar refractivity (Wildman–Crippen MR) is 87.4 cm³/mol. The third-order valence-electron chi connectivity index (χ3n) is 3.53. The van der Waals surface area contributed by atoms with Gasteiger partial charge >= 0.3 is 6.09 Å². The molecule has 22 heavy (non-hydrogen) atoms. The van der Waals surface area contributed by atoms with Gasteiger partial charge < -0.3 is 19.7 Å². The van der Waals surface area contributed by atoms with Crippen molar-refractivity contribution in [3.05, 3.63) is 24.3 Å². The van der Waals surface area contributed by atoms with Gasteiger partial charge in [-0.1, -0.05) is 0 Å². The van der Waals surface area contributed by atoms with Crippen molar-refractivity contribution in [1.82, 2.24) is 4.90 Å². The van der Waals surface area contributed by atoms with Gasteiger partial charge in [0, 0.05) is 24.8 Å². The van der Waals surface area contributed by atoms with Crippen LogP contribution in [-0.4, -0.2) is 42.8 Å². The molecule has 1 aliphatic heterocycles. The van der Waals surface area contributed by atoms with E-state index in [0.29, 0.717) is 6.54 Å². The second-order valence-electron chi connectivity index (χ2n) is 6.64. The number of piperidine rings is 1. The number of anilines is 1. The number of hydrogen-bond acceptors (Lipinski definition) is 4. The van der Waals surface area contributed by atoms with Gasteiger partial charge in [0.05, 0.1) is 7.11 Å². The minimum Gasteiger partial charge on any atom is -0.497 e. The van der Waals surface area contributed by atoms with E-state index in [1.807, 2.05) is 45.0 Å². The fourth-order valence-corrected chi connectivity index (χ4v) is 2.51. The Kier molecular flexibility index (Phi) is 5.16. The fraction of sp³-hybridized carbons (Fsp3) is 0.588.